The van der Waals surface area contributed by atoms with Crippen LogP contribution in [0.25, 0.3) is 0 Å². The van der Waals surface area contributed by atoms with Crippen molar-refractivity contribution in [1.29, 1.82) is 0 Å². The molecule has 1 unspecified atom stereocenters. The predicted octanol–water partition coefficient (Wildman–Crippen LogP) is 2.22. The highest BCUT2D eigenvalue weighted by molar-refractivity contribution is 5.97. The molecule has 1 saturated heterocycles. The van der Waals surface area contributed by atoms with Crippen LogP contribution in [-0.2, 0) is 0 Å². The van der Waals surface area contributed by atoms with Crippen molar-refractivity contribution in [2.75, 3.05) is 13.1 Å². The molecule has 0 aliphatic carbocycles. The molecule has 0 aromatic heterocycles. The van der Waals surface area contributed by atoms with E-state index >= 15 is 0 Å². The van der Waals surface area contributed by atoms with Crippen molar-refractivity contribution in [2.45, 2.75) is 20.3 Å². The van der Waals surface area contributed by atoms with Crippen LogP contribution in [0.15, 0.2) is 23.4 Å². The molecule has 1 amide bonds. The third-order valence-electron chi connectivity index (χ3n) is 3.77. The Kier molecular flexibility index (Phi) is 4.21. The van der Waals surface area contributed by atoms with Crippen LogP contribution in [0.3, 0.4) is 0 Å². The smallest absolute Gasteiger partial charge is 0.269 e. The number of oxime groups is 1. The average molecular weight is 291 g/mol. The van der Waals surface area contributed by atoms with E-state index in [-0.39, 0.29) is 17.5 Å². The summed E-state index contributed by atoms with van der Waals surface area (Å²) < 4.78 is 0. The third kappa shape index (κ3) is 3.01. The maximum absolute atomic E-state index is 12.5. The van der Waals surface area contributed by atoms with Crippen LogP contribution in [-0.4, -0.2) is 39.7 Å². The number of hydrogen-bond acceptors (Lipinski definition) is 5. The lowest BCUT2D eigenvalue weighted by Crippen LogP contribution is -2.43. The van der Waals surface area contributed by atoms with Crippen LogP contribution in [0, 0.1) is 23.0 Å². The molecule has 1 fully saturated rings. The van der Waals surface area contributed by atoms with Crippen molar-refractivity contribution in [1.82, 2.24) is 4.90 Å². The number of benzene rings is 1. The topological polar surface area (TPSA) is 96.0 Å². The SMILES string of the molecule is Cc1cc([N+](=O)[O-])ccc1C(=O)N1CC/C(=N\O)C(C)C1. The van der Waals surface area contributed by atoms with E-state index < -0.39 is 4.92 Å². The molecule has 0 radical (unpaired) electrons. The van der Waals surface area contributed by atoms with Gasteiger partial charge in [0, 0.05) is 43.1 Å². The Morgan fingerprint density at radius 3 is 2.76 bits per heavy atom. The van der Waals surface area contributed by atoms with Gasteiger partial charge in [0.05, 0.1) is 10.6 Å². The number of carbonyl (C=O) groups is 1. The minimum absolute atomic E-state index is 0.00561. The first-order valence-corrected chi connectivity index (χ1v) is 6.69. The largest absolute Gasteiger partial charge is 0.411 e. The summed E-state index contributed by atoms with van der Waals surface area (Å²) >= 11 is 0. The van der Waals surface area contributed by atoms with E-state index in [1.807, 2.05) is 6.92 Å². The van der Waals surface area contributed by atoms with Crippen LogP contribution in [0.4, 0.5) is 5.69 Å². The Morgan fingerprint density at radius 2 is 2.24 bits per heavy atom. The summed E-state index contributed by atoms with van der Waals surface area (Å²) in [4.78, 5) is 24.4. The second-order valence-corrected chi connectivity index (χ2v) is 5.25. The molecule has 7 nitrogen and oxygen atoms in total. The van der Waals surface area contributed by atoms with Gasteiger partial charge in [-0.05, 0) is 18.6 Å². The van der Waals surface area contributed by atoms with Gasteiger partial charge in [-0.3, -0.25) is 14.9 Å². The van der Waals surface area contributed by atoms with Gasteiger partial charge in [0.2, 0.25) is 0 Å². The van der Waals surface area contributed by atoms with Crippen molar-refractivity contribution in [3.05, 3.63) is 39.4 Å². The van der Waals surface area contributed by atoms with Crippen molar-refractivity contribution >= 4 is 17.3 Å². The van der Waals surface area contributed by atoms with E-state index in [9.17, 15) is 14.9 Å². The monoisotopic (exact) mass is 291 g/mol. The van der Waals surface area contributed by atoms with E-state index in [1.165, 1.54) is 18.2 Å². The first kappa shape index (κ1) is 15.0. The molecule has 0 saturated carbocycles. The summed E-state index contributed by atoms with van der Waals surface area (Å²) in [7, 11) is 0. The lowest BCUT2D eigenvalue weighted by atomic mass is 9.96. The Hall–Kier alpha value is -2.44. The van der Waals surface area contributed by atoms with Gasteiger partial charge in [-0.1, -0.05) is 12.1 Å². The number of piperidine rings is 1. The van der Waals surface area contributed by atoms with E-state index in [2.05, 4.69) is 5.16 Å². The molecule has 21 heavy (non-hydrogen) atoms. The highest BCUT2D eigenvalue weighted by Crippen LogP contribution is 2.21. The lowest BCUT2D eigenvalue weighted by molar-refractivity contribution is -0.384. The predicted molar refractivity (Wildman–Crippen MR) is 76.7 cm³/mol. The minimum atomic E-state index is -0.478. The van der Waals surface area contributed by atoms with E-state index in [4.69, 9.17) is 5.21 Å². The molecule has 1 aromatic rings. The Labute approximate surface area is 122 Å². The Morgan fingerprint density at radius 1 is 1.52 bits per heavy atom. The fraction of sp³-hybridized carbons (Fsp3) is 0.429. The van der Waals surface area contributed by atoms with Crippen LogP contribution >= 0.6 is 0 Å². The fourth-order valence-electron chi connectivity index (χ4n) is 2.53. The zero-order valence-corrected chi connectivity index (χ0v) is 11.9. The average Bonchev–Trinajstić information content (AvgIpc) is 2.46. The molecule has 0 spiro atoms. The van der Waals surface area contributed by atoms with E-state index in [0.29, 0.717) is 36.3 Å². The minimum Gasteiger partial charge on any atom is -0.411 e. The summed E-state index contributed by atoms with van der Waals surface area (Å²) in [6.45, 7) is 4.55. The molecular formula is C14H17N3O4. The first-order chi connectivity index (χ1) is 9.93. The van der Waals surface area contributed by atoms with Crippen LogP contribution in [0.2, 0.25) is 0 Å². The molecule has 1 aromatic carbocycles. The van der Waals surface area contributed by atoms with Crippen molar-refractivity contribution in [3.8, 4) is 0 Å². The number of nitro benzene ring substituents is 1. The zero-order valence-electron chi connectivity index (χ0n) is 11.9. The molecule has 1 atom stereocenters. The van der Waals surface area contributed by atoms with Gasteiger partial charge in [0.1, 0.15) is 0 Å². The second kappa shape index (κ2) is 5.90. The molecule has 7 heteroatoms. The summed E-state index contributed by atoms with van der Waals surface area (Å²) in [5.41, 5.74) is 1.73. The second-order valence-electron chi connectivity index (χ2n) is 5.25. The number of rotatable bonds is 2. The van der Waals surface area contributed by atoms with Gasteiger partial charge in [0.15, 0.2) is 0 Å². The number of amides is 1. The van der Waals surface area contributed by atoms with Crippen LogP contribution in [0.1, 0.15) is 29.3 Å². The van der Waals surface area contributed by atoms with Gasteiger partial charge < -0.3 is 10.1 Å². The lowest BCUT2D eigenvalue weighted by Gasteiger charge is -2.31. The summed E-state index contributed by atoms with van der Waals surface area (Å²) in [5, 5.41) is 22.8. The van der Waals surface area contributed by atoms with E-state index in [1.54, 1.807) is 11.8 Å². The summed E-state index contributed by atoms with van der Waals surface area (Å²) in [6.07, 6.45) is 0.537. The van der Waals surface area contributed by atoms with Gasteiger partial charge in [0.25, 0.3) is 11.6 Å². The number of aryl methyl sites for hydroxylation is 1. The molecule has 1 aliphatic rings. The number of nitro groups is 1. The number of hydrogen-bond donors (Lipinski definition) is 1. The number of nitrogens with zero attached hydrogens (tertiary/aromatic N) is 3. The summed E-state index contributed by atoms with van der Waals surface area (Å²) in [5.74, 6) is -0.141. The van der Waals surface area contributed by atoms with Gasteiger partial charge in [-0.25, -0.2) is 0 Å². The van der Waals surface area contributed by atoms with Gasteiger partial charge in [-0.2, -0.15) is 0 Å². The molecule has 1 N–H and O–H groups in total. The van der Waals surface area contributed by atoms with Crippen molar-refractivity contribution in [2.24, 2.45) is 11.1 Å². The molecule has 0 bridgehead atoms. The number of carbonyl (C=O) groups excluding carboxylic acids is 1. The molecule has 2 rings (SSSR count). The fourth-order valence-corrected chi connectivity index (χ4v) is 2.53. The highest BCUT2D eigenvalue weighted by atomic mass is 16.6. The van der Waals surface area contributed by atoms with Gasteiger partial charge in [-0.15, -0.1) is 0 Å². The Bertz CT molecular complexity index is 612. The molecule has 112 valence electrons. The summed E-state index contributed by atoms with van der Waals surface area (Å²) in [6, 6.07) is 4.24. The quantitative estimate of drug-likeness (QED) is 0.513. The Balaban J connectivity index is 2.19. The highest BCUT2D eigenvalue weighted by Gasteiger charge is 2.27. The number of likely N-dealkylation sites (tertiary alicyclic amines) is 1. The molecule has 1 heterocycles. The van der Waals surface area contributed by atoms with E-state index in [0.717, 1.165) is 0 Å². The zero-order chi connectivity index (χ0) is 15.6. The maximum Gasteiger partial charge on any atom is 0.269 e. The first-order valence-electron chi connectivity index (χ1n) is 6.69. The van der Waals surface area contributed by atoms with Crippen LogP contribution < -0.4 is 0 Å². The van der Waals surface area contributed by atoms with Gasteiger partial charge >= 0.3 is 0 Å². The standard InChI is InChI=1S/C14H17N3O4/c1-9-7-11(17(20)21)3-4-12(9)14(18)16-6-5-13(15-19)10(2)8-16/h3-4,7,10,19H,5-6,8H2,1-2H3/b15-13+. The molecule has 1 aliphatic heterocycles. The molecular weight excluding hydrogens is 274 g/mol. The van der Waals surface area contributed by atoms with Crippen LogP contribution in [0.5, 0.6) is 0 Å². The van der Waals surface area contributed by atoms with Crippen molar-refractivity contribution < 1.29 is 14.9 Å². The normalized spacial score (nSPS) is 20.6. The maximum atomic E-state index is 12.5. The number of non-ortho nitro benzene ring substituents is 1. The third-order valence-corrected chi connectivity index (χ3v) is 3.77. The van der Waals surface area contributed by atoms with Crippen molar-refractivity contribution in [3.63, 3.8) is 0 Å².